The molecule has 0 aromatic rings. The van der Waals surface area contributed by atoms with E-state index in [2.05, 4.69) is 4.90 Å². The average Bonchev–Trinajstić information content (AvgIpc) is 2.21. The van der Waals surface area contributed by atoms with Crippen molar-refractivity contribution in [3.63, 3.8) is 0 Å². The zero-order chi connectivity index (χ0) is 10.4. The first-order chi connectivity index (χ1) is 6.77. The van der Waals surface area contributed by atoms with Gasteiger partial charge in [0.25, 0.3) is 0 Å². The summed E-state index contributed by atoms with van der Waals surface area (Å²) in [7, 11) is 0. The SMILES string of the molecule is N#CC(C#N)=C(N)CN1CCCCC1. The molecule has 1 saturated heterocycles. The number of nitrogens with zero attached hydrogens (tertiary/aromatic N) is 3. The maximum atomic E-state index is 8.60. The number of hydrogen-bond acceptors (Lipinski definition) is 4. The molecule has 1 rings (SSSR count). The van der Waals surface area contributed by atoms with Crippen LogP contribution in [0, 0.1) is 22.7 Å². The molecule has 1 fully saturated rings. The van der Waals surface area contributed by atoms with Gasteiger partial charge in [0.1, 0.15) is 17.7 Å². The molecule has 0 aromatic heterocycles. The lowest BCUT2D eigenvalue weighted by Gasteiger charge is -2.26. The fraction of sp³-hybridized carbons (Fsp3) is 0.600. The standard InChI is InChI=1S/C10H14N4/c11-6-9(7-12)10(13)8-14-4-2-1-3-5-14/h1-5,8,13H2. The molecule has 0 radical (unpaired) electrons. The van der Waals surface area contributed by atoms with E-state index in [0.29, 0.717) is 12.2 Å². The Morgan fingerprint density at radius 2 is 1.71 bits per heavy atom. The van der Waals surface area contributed by atoms with Gasteiger partial charge in [-0.05, 0) is 25.9 Å². The van der Waals surface area contributed by atoms with Gasteiger partial charge in [-0.25, -0.2) is 0 Å². The summed E-state index contributed by atoms with van der Waals surface area (Å²) in [6, 6.07) is 3.62. The van der Waals surface area contributed by atoms with Crippen molar-refractivity contribution in [2.75, 3.05) is 19.6 Å². The summed E-state index contributed by atoms with van der Waals surface area (Å²) in [5.74, 6) is 0. The van der Waals surface area contributed by atoms with Crippen molar-refractivity contribution in [2.24, 2.45) is 5.73 Å². The minimum absolute atomic E-state index is 0.0515. The lowest BCUT2D eigenvalue weighted by Crippen LogP contribution is -2.33. The van der Waals surface area contributed by atoms with E-state index < -0.39 is 0 Å². The molecule has 0 amide bonds. The highest BCUT2D eigenvalue weighted by molar-refractivity contribution is 5.39. The smallest absolute Gasteiger partial charge is 0.149 e. The van der Waals surface area contributed by atoms with Gasteiger partial charge < -0.3 is 5.73 Å². The van der Waals surface area contributed by atoms with Crippen molar-refractivity contribution in [1.29, 1.82) is 10.5 Å². The Labute approximate surface area is 84.2 Å². The first-order valence-corrected chi connectivity index (χ1v) is 4.79. The van der Waals surface area contributed by atoms with Crippen LogP contribution in [-0.2, 0) is 0 Å². The number of nitrogens with two attached hydrogens (primary N) is 1. The lowest BCUT2D eigenvalue weighted by atomic mass is 10.1. The van der Waals surface area contributed by atoms with Crippen LogP contribution in [0.4, 0.5) is 0 Å². The zero-order valence-corrected chi connectivity index (χ0v) is 8.16. The minimum Gasteiger partial charge on any atom is -0.399 e. The third kappa shape index (κ3) is 2.76. The van der Waals surface area contributed by atoms with Crippen molar-refractivity contribution in [3.8, 4) is 12.1 Å². The second-order valence-electron chi connectivity index (χ2n) is 3.46. The molecule has 1 heterocycles. The summed E-state index contributed by atoms with van der Waals surface area (Å²) >= 11 is 0. The highest BCUT2D eigenvalue weighted by Gasteiger charge is 2.12. The molecule has 0 aromatic carbocycles. The number of hydrogen-bond donors (Lipinski definition) is 1. The molecule has 74 valence electrons. The Hall–Kier alpha value is -1.52. The monoisotopic (exact) mass is 190 g/mol. The molecule has 1 aliphatic heterocycles. The number of allylic oxidation sites excluding steroid dienone is 1. The van der Waals surface area contributed by atoms with Crippen molar-refractivity contribution < 1.29 is 0 Å². The maximum Gasteiger partial charge on any atom is 0.149 e. The molecule has 1 aliphatic rings. The van der Waals surface area contributed by atoms with Crippen LogP contribution in [0.25, 0.3) is 0 Å². The van der Waals surface area contributed by atoms with Crippen LogP contribution >= 0.6 is 0 Å². The second kappa shape index (κ2) is 5.26. The van der Waals surface area contributed by atoms with Gasteiger partial charge in [-0.1, -0.05) is 6.42 Å². The van der Waals surface area contributed by atoms with Gasteiger partial charge in [0, 0.05) is 6.54 Å². The highest BCUT2D eigenvalue weighted by atomic mass is 15.1. The predicted octanol–water partition coefficient (Wildman–Crippen LogP) is 0.732. The molecule has 4 heteroatoms. The summed E-state index contributed by atoms with van der Waals surface area (Å²) < 4.78 is 0. The number of likely N-dealkylation sites (tertiary alicyclic amines) is 1. The molecule has 0 unspecified atom stereocenters. The first kappa shape index (κ1) is 10.6. The van der Waals surface area contributed by atoms with Crippen LogP contribution in [0.3, 0.4) is 0 Å². The van der Waals surface area contributed by atoms with Crippen LogP contribution in [0.2, 0.25) is 0 Å². The maximum absolute atomic E-state index is 8.60. The molecule has 0 saturated carbocycles. The van der Waals surface area contributed by atoms with E-state index >= 15 is 0 Å². The third-order valence-electron chi connectivity index (χ3n) is 2.39. The van der Waals surface area contributed by atoms with Crippen molar-refractivity contribution in [1.82, 2.24) is 4.90 Å². The Morgan fingerprint density at radius 3 is 2.21 bits per heavy atom. The zero-order valence-electron chi connectivity index (χ0n) is 8.16. The molecule has 14 heavy (non-hydrogen) atoms. The topological polar surface area (TPSA) is 76.8 Å². The Balaban J connectivity index is 2.55. The largest absolute Gasteiger partial charge is 0.399 e. The predicted molar refractivity (Wildman–Crippen MR) is 52.7 cm³/mol. The van der Waals surface area contributed by atoms with Crippen LogP contribution < -0.4 is 5.73 Å². The van der Waals surface area contributed by atoms with E-state index in [0.717, 1.165) is 13.1 Å². The van der Waals surface area contributed by atoms with E-state index in [1.165, 1.54) is 19.3 Å². The van der Waals surface area contributed by atoms with Gasteiger partial charge in [0.15, 0.2) is 0 Å². The Bertz CT molecular complexity index is 283. The molecule has 0 bridgehead atoms. The van der Waals surface area contributed by atoms with Gasteiger partial charge in [-0.15, -0.1) is 0 Å². The van der Waals surface area contributed by atoms with Crippen LogP contribution in [0.1, 0.15) is 19.3 Å². The number of nitriles is 2. The summed E-state index contributed by atoms with van der Waals surface area (Å²) in [5.41, 5.74) is 6.11. The van der Waals surface area contributed by atoms with Gasteiger partial charge in [-0.2, -0.15) is 10.5 Å². The first-order valence-electron chi connectivity index (χ1n) is 4.79. The molecular weight excluding hydrogens is 176 g/mol. The molecule has 0 aliphatic carbocycles. The summed E-state index contributed by atoms with van der Waals surface area (Å²) in [6.07, 6.45) is 3.63. The molecular formula is C10H14N4. The van der Waals surface area contributed by atoms with E-state index in [9.17, 15) is 0 Å². The lowest BCUT2D eigenvalue weighted by molar-refractivity contribution is 0.245. The quantitative estimate of drug-likeness (QED) is 0.651. The molecule has 0 spiro atoms. The number of rotatable bonds is 2. The Kier molecular flexibility index (Phi) is 3.97. The average molecular weight is 190 g/mol. The number of piperidine rings is 1. The molecule has 2 N–H and O–H groups in total. The highest BCUT2D eigenvalue weighted by Crippen LogP contribution is 2.10. The van der Waals surface area contributed by atoms with E-state index in [4.69, 9.17) is 16.3 Å². The Morgan fingerprint density at radius 1 is 1.14 bits per heavy atom. The van der Waals surface area contributed by atoms with Crippen LogP contribution in [0.5, 0.6) is 0 Å². The molecule has 4 nitrogen and oxygen atoms in total. The van der Waals surface area contributed by atoms with Crippen molar-refractivity contribution in [2.45, 2.75) is 19.3 Å². The fourth-order valence-corrected chi connectivity index (χ4v) is 1.61. The third-order valence-corrected chi connectivity index (χ3v) is 2.39. The normalized spacial score (nSPS) is 16.7. The van der Waals surface area contributed by atoms with E-state index in [1.54, 1.807) is 0 Å². The van der Waals surface area contributed by atoms with Crippen LogP contribution in [0.15, 0.2) is 11.3 Å². The summed E-state index contributed by atoms with van der Waals surface area (Å²) in [5, 5.41) is 17.2. The minimum atomic E-state index is 0.0515. The van der Waals surface area contributed by atoms with E-state index in [-0.39, 0.29) is 5.57 Å². The second-order valence-corrected chi connectivity index (χ2v) is 3.46. The van der Waals surface area contributed by atoms with Crippen molar-refractivity contribution in [3.05, 3.63) is 11.3 Å². The van der Waals surface area contributed by atoms with E-state index in [1.807, 2.05) is 12.1 Å². The fourth-order valence-electron chi connectivity index (χ4n) is 1.61. The van der Waals surface area contributed by atoms with Crippen molar-refractivity contribution >= 4 is 0 Å². The van der Waals surface area contributed by atoms with Gasteiger partial charge >= 0.3 is 0 Å². The van der Waals surface area contributed by atoms with Gasteiger partial charge in [-0.3, -0.25) is 4.90 Å². The van der Waals surface area contributed by atoms with Gasteiger partial charge in [0.05, 0.1) is 5.70 Å². The van der Waals surface area contributed by atoms with Crippen LogP contribution in [-0.4, -0.2) is 24.5 Å². The summed E-state index contributed by atoms with van der Waals surface area (Å²) in [4.78, 5) is 2.19. The molecule has 0 atom stereocenters. The van der Waals surface area contributed by atoms with Gasteiger partial charge in [0.2, 0.25) is 0 Å². The summed E-state index contributed by atoms with van der Waals surface area (Å²) in [6.45, 7) is 2.59.